The second kappa shape index (κ2) is 9.16. The molecule has 0 aliphatic carbocycles. The smallest absolute Gasteiger partial charge is 0.335 e. The number of carbonyl (C=O) groups excluding carboxylic acids is 1. The molecule has 2 unspecified atom stereocenters. The molecular formula is C25H27N3O3. The Balaban J connectivity index is 1.48. The molecule has 1 amide bonds. The fourth-order valence-corrected chi connectivity index (χ4v) is 4.26. The van der Waals surface area contributed by atoms with Crippen molar-refractivity contribution in [3.05, 3.63) is 77.7 Å². The lowest BCUT2D eigenvalue weighted by molar-refractivity contribution is -0.139. The third-order valence-electron chi connectivity index (χ3n) is 5.95. The van der Waals surface area contributed by atoms with E-state index in [9.17, 15) is 9.59 Å². The Hall–Kier alpha value is -3.41. The predicted molar refractivity (Wildman–Crippen MR) is 119 cm³/mol. The van der Waals surface area contributed by atoms with Gasteiger partial charge in [-0.25, -0.2) is 9.78 Å². The molecule has 1 saturated heterocycles. The molecule has 2 heterocycles. The van der Waals surface area contributed by atoms with Gasteiger partial charge in [-0.3, -0.25) is 4.79 Å². The van der Waals surface area contributed by atoms with Crippen LogP contribution < -0.4 is 0 Å². The molecule has 1 aliphatic rings. The van der Waals surface area contributed by atoms with Gasteiger partial charge in [0, 0.05) is 12.5 Å². The van der Waals surface area contributed by atoms with E-state index in [1.165, 1.54) is 0 Å². The minimum absolute atomic E-state index is 0.0458. The number of nitrogens with one attached hydrogen (secondary N) is 1. The first-order valence-electron chi connectivity index (χ1n) is 10.8. The Morgan fingerprint density at radius 1 is 1.13 bits per heavy atom. The van der Waals surface area contributed by atoms with Gasteiger partial charge < -0.3 is 15.0 Å². The van der Waals surface area contributed by atoms with Crippen LogP contribution in [-0.2, 0) is 11.2 Å². The summed E-state index contributed by atoms with van der Waals surface area (Å²) in [6.07, 6.45) is 5.38. The van der Waals surface area contributed by atoms with Gasteiger partial charge in [0.1, 0.15) is 5.82 Å². The molecule has 0 bridgehead atoms. The number of hydrogen-bond donors (Lipinski definition) is 2. The van der Waals surface area contributed by atoms with Crippen molar-refractivity contribution in [1.29, 1.82) is 0 Å². The van der Waals surface area contributed by atoms with Crippen LogP contribution in [0.3, 0.4) is 0 Å². The summed E-state index contributed by atoms with van der Waals surface area (Å²) >= 11 is 0. The lowest BCUT2D eigenvalue weighted by Crippen LogP contribution is -2.42. The number of likely N-dealkylation sites (tertiary alicyclic amines) is 1. The van der Waals surface area contributed by atoms with Crippen LogP contribution in [0.25, 0.3) is 11.3 Å². The third-order valence-corrected chi connectivity index (χ3v) is 5.95. The van der Waals surface area contributed by atoms with Gasteiger partial charge in [0.15, 0.2) is 0 Å². The minimum atomic E-state index is -0.944. The highest BCUT2D eigenvalue weighted by Crippen LogP contribution is 2.32. The molecule has 31 heavy (non-hydrogen) atoms. The summed E-state index contributed by atoms with van der Waals surface area (Å²) in [6.45, 7) is 2.67. The quantitative estimate of drug-likeness (QED) is 0.608. The Bertz CT molecular complexity index is 1040. The van der Waals surface area contributed by atoms with Gasteiger partial charge in [-0.15, -0.1) is 0 Å². The maximum absolute atomic E-state index is 13.3. The van der Waals surface area contributed by atoms with Crippen LogP contribution in [-0.4, -0.2) is 38.4 Å². The number of aromatic carboxylic acids is 1. The van der Waals surface area contributed by atoms with Crippen molar-refractivity contribution >= 4 is 11.9 Å². The Labute approximate surface area is 181 Å². The molecule has 2 atom stereocenters. The van der Waals surface area contributed by atoms with Crippen LogP contribution in [0.1, 0.15) is 54.0 Å². The molecule has 160 valence electrons. The Kier molecular flexibility index (Phi) is 6.16. The normalized spacial score (nSPS) is 17.3. The maximum atomic E-state index is 13.3. The van der Waals surface area contributed by atoms with Gasteiger partial charge in [-0.05, 0) is 48.9 Å². The number of carboxylic acid groups (broad SMARTS) is 1. The lowest BCUT2D eigenvalue weighted by atomic mass is 9.95. The number of benzene rings is 2. The summed E-state index contributed by atoms with van der Waals surface area (Å²) in [5.74, 6) is -0.186. The summed E-state index contributed by atoms with van der Waals surface area (Å²) in [6, 6.07) is 16.8. The van der Waals surface area contributed by atoms with E-state index in [1.54, 1.807) is 24.3 Å². The second-order valence-corrected chi connectivity index (χ2v) is 8.20. The average Bonchev–Trinajstić information content (AvgIpc) is 3.30. The van der Waals surface area contributed by atoms with Crippen molar-refractivity contribution in [2.24, 2.45) is 5.92 Å². The summed E-state index contributed by atoms with van der Waals surface area (Å²) in [4.78, 5) is 34.4. The molecule has 1 fully saturated rings. The summed E-state index contributed by atoms with van der Waals surface area (Å²) in [5.41, 5.74) is 3.25. The second-order valence-electron chi connectivity index (χ2n) is 8.20. The number of carboxylic acids is 1. The van der Waals surface area contributed by atoms with Crippen molar-refractivity contribution in [3.63, 3.8) is 0 Å². The van der Waals surface area contributed by atoms with Crippen LogP contribution in [0.5, 0.6) is 0 Å². The zero-order valence-electron chi connectivity index (χ0n) is 17.6. The number of rotatable bonds is 6. The molecule has 4 rings (SSSR count). The van der Waals surface area contributed by atoms with Crippen LogP contribution in [0, 0.1) is 5.92 Å². The zero-order valence-corrected chi connectivity index (χ0v) is 17.6. The van der Waals surface area contributed by atoms with E-state index in [2.05, 4.69) is 9.97 Å². The first-order valence-corrected chi connectivity index (χ1v) is 10.8. The fourth-order valence-electron chi connectivity index (χ4n) is 4.26. The monoisotopic (exact) mass is 417 g/mol. The topological polar surface area (TPSA) is 86.3 Å². The minimum Gasteiger partial charge on any atom is -0.478 e. The summed E-state index contributed by atoms with van der Waals surface area (Å²) < 4.78 is 0. The Morgan fingerprint density at radius 3 is 2.58 bits per heavy atom. The lowest BCUT2D eigenvalue weighted by Gasteiger charge is -2.36. The first kappa shape index (κ1) is 20.8. The van der Waals surface area contributed by atoms with E-state index in [1.807, 2.05) is 48.4 Å². The number of H-pyrrole nitrogens is 1. The highest BCUT2D eigenvalue weighted by Gasteiger charge is 2.32. The molecule has 6 heteroatoms. The zero-order chi connectivity index (χ0) is 21.8. The Morgan fingerprint density at radius 2 is 1.87 bits per heavy atom. The van der Waals surface area contributed by atoms with E-state index in [-0.39, 0.29) is 23.4 Å². The molecule has 6 nitrogen and oxygen atoms in total. The SMILES string of the molecule is CC(Cc1ccc(C(=O)O)cc1)C(=O)N1CCCCC1c1ncc(-c2ccccc2)[nH]1. The van der Waals surface area contributed by atoms with Gasteiger partial charge in [0.2, 0.25) is 5.91 Å². The molecular weight excluding hydrogens is 390 g/mol. The van der Waals surface area contributed by atoms with E-state index in [4.69, 9.17) is 5.11 Å². The largest absolute Gasteiger partial charge is 0.478 e. The van der Waals surface area contributed by atoms with Crippen molar-refractivity contribution in [2.75, 3.05) is 6.54 Å². The summed E-state index contributed by atoms with van der Waals surface area (Å²) in [7, 11) is 0. The number of aromatic amines is 1. The van der Waals surface area contributed by atoms with Gasteiger partial charge in [0.05, 0.1) is 23.5 Å². The number of aromatic nitrogens is 2. The number of hydrogen-bond acceptors (Lipinski definition) is 3. The molecule has 3 aromatic rings. The molecule has 0 radical (unpaired) electrons. The molecule has 0 saturated carbocycles. The van der Waals surface area contributed by atoms with Crippen LogP contribution in [0.4, 0.5) is 0 Å². The maximum Gasteiger partial charge on any atom is 0.335 e. The van der Waals surface area contributed by atoms with E-state index < -0.39 is 5.97 Å². The van der Waals surface area contributed by atoms with Gasteiger partial charge in [-0.2, -0.15) is 0 Å². The highest BCUT2D eigenvalue weighted by molar-refractivity contribution is 5.87. The average molecular weight is 418 g/mol. The van der Waals surface area contributed by atoms with Crippen molar-refractivity contribution < 1.29 is 14.7 Å². The molecule has 1 aliphatic heterocycles. The van der Waals surface area contributed by atoms with Crippen molar-refractivity contribution in [2.45, 2.75) is 38.6 Å². The van der Waals surface area contributed by atoms with Crippen LogP contribution >= 0.6 is 0 Å². The highest BCUT2D eigenvalue weighted by atomic mass is 16.4. The predicted octanol–water partition coefficient (Wildman–Crippen LogP) is 4.71. The number of imidazole rings is 1. The van der Waals surface area contributed by atoms with Crippen molar-refractivity contribution in [3.8, 4) is 11.3 Å². The number of piperidine rings is 1. The van der Waals surface area contributed by atoms with E-state index in [0.717, 1.165) is 48.5 Å². The van der Waals surface area contributed by atoms with Crippen LogP contribution in [0.2, 0.25) is 0 Å². The van der Waals surface area contributed by atoms with Gasteiger partial charge in [0.25, 0.3) is 0 Å². The van der Waals surface area contributed by atoms with E-state index >= 15 is 0 Å². The van der Waals surface area contributed by atoms with Gasteiger partial charge >= 0.3 is 5.97 Å². The third kappa shape index (κ3) is 4.68. The number of amides is 1. The molecule has 1 aromatic heterocycles. The molecule has 2 aromatic carbocycles. The summed E-state index contributed by atoms with van der Waals surface area (Å²) in [5, 5.41) is 9.06. The number of nitrogens with zero attached hydrogens (tertiary/aromatic N) is 2. The molecule has 0 spiro atoms. The molecule has 2 N–H and O–H groups in total. The van der Waals surface area contributed by atoms with Crippen molar-refractivity contribution in [1.82, 2.24) is 14.9 Å². The number of carbonyl (C=O) groups is 2. The van der Waals surface area contributed by atoms with Gasteiger partial charge in [-0.1, -0.05) is 49.4 Å². The van der Waals surface area contributed by atoms with Crippen LogP contribution in [0.15, 0.2) is 60.8 Å². The standard InChI is InChI=1S/C25H27N3O3/c1-17(15-18-10-12-20(13-11-18)25(30)31)24(29)28-14-6-5-9-22(28)23-26-16-21(27-23)19-7-3-2-4-8-19/h2-4,7-8,10-13,16-17,22H,5-6,9,14-15H2,1H3,(H,26,27)(H,30,31). The fraction of sp³-hybridized carbons (Fsp3) is 0.320. The first-order chi connectivity index (χ1) is 15.0. The van der Waals surface area contributed by atoms with E-state index in [0.29, 0.717) is 6.42 Å².